The zero-order valence-electron chi connectivity index (χ0n) is 7.13. The summed E-state index contributed by atoms with van der Waals surface area (Å²) in [5.74, 6) is -0.926. The Morgan fingerprint density at radius 1 is 1.43 bits per heavy atom. The van der Waals surface area contributed by atoms with E-state index in [2.05, 4.69) is 14.5 Å². The second-order valence-corrected chi connectivity index (χ2v) is 2.29. The van der Waals surface area contributed by atoms with E-state index in [1.165, 1.54) is 13.2 Å². The molecule has 0 fully saturated rings. The van der Waals surface area contributed by atoms with E-state index >= 15 is 0 Å². The Morgan fingerprint density at radius 3 is 2.57 bits per heavy atom. The molecule has 0 saturated carbocycles. The molecule has 0 aliphatic heterocycles. The van der Waals surface area contributed by atoms with E-state index in [0.717, 1.165) is 6.20 Å². The first-order valence-corrected chi connectivity index (χ1v) is 3.48. The molecule has 0 spiro atoms. The highest BCUT2D eigenvalue weighted by molar-refractivity contribution is 5.56. The van der Waals surface area contributed by atoms with Crippen LogP contribution >= 0.6 is 0 Å². The highest BCUT2D eigenvalue weighted by Gasteiger charge is 2.33. The lowest BCUT2D eigenvalue weighted by atomic mass is 10.4. The van der Waals surface area contributed by atoms with Crippen LogP contribution in [0.1, 0.15) is 0 Å². The molecule has 0 saturated heterocycles. The van der Waals surface area contributed by atoms with Crippen LogP contribution in [0.3, 0.4) is 0 Å². The van der Waals surface area contributed by atoms with Gasteiger partial charge in [0, 0.05) is 6.20 Å². The van der Waals surface area contributed by atoms with Crippen molar-refractivity contribution in [2.75, 3.05) is 12.8 Å². The maximum absolute atomic E-state index is 11.8. The Labute approximate surface area is 77.4 Å². The largest absolute Gasteiger partial charge is 0.574 e. The van der Waals surface area contributed by atoms with E-state index in [9.17, 15) is 13.2 Å². The van der Waals surface area contributed by atoms with Crippen LogP contribution < -0.4 is 15.2 Å². The zero-order valence-corrected chi connectivity index (χ0v) is 7.13. The molecule has 7 heteroatoms. The first-order chi connectivity index (χ1) is 6.44. The predicted molar refractivity (Wildman–Crippen MR) is 41.9 cm³/mol. The fourth-order valence-corrected chi connectivity index (χ4v) is 0.831. The van der Waals surface area contributed by atoms with Gasteiger partial charge >= 0.3 is 6.36 Å². The number of hydrogen-bond donors (Lipinski definition) is 1. The quantitative estimate of drug-likeness (QED) is 0.801. The lowest BCUT2D eigenvalue weighted by Gasteiger charge is -2.11. The van der Waals surface area contributed by atoms with Crippen LogP contribution in [0, 0.1) is 0 Å². The maximum atomic E-state index is 11.8. The van der Waals surface area contributed by atoms with Crippen molar-refractivity contribution in [3.63, 3.8) is 0 Å². The van der Waals surface area contributed by atoms with Crippen LogP contribution in [-0.2, 0) is 0 Å². The van der Waals surface area contributed by atoms with Crippen LogP contribution in [0.5, 0.6) is 11.6 Å². The molecule has 2 N–H and O–H groups in total. The van der Waals surface area contributed by atoms with Gasteiger partial charge in [0.15, 0.2) is 0 Å². The van der Waals surface area contributed by atoms with Crippen LogP contribution in [0.25, 0.3) is 0 Å². The molecule has 1 aromatic heterocycles. The van der Waals surface area contributed by atoms with Gasteiger partial charge in [0.25, 0.3) is 5.88 Å². The van der Waals surface area contributed by atoms with Gasteiger partial charge in [-0.1, -0.05) is 0 Å². The minimum Gasteiger partial charge on any atom is -0.490 e. The smallest absolute Gasteiger partial charge is 0.490 e. The third-order valence-electron chi connectivity index (χ3n) is 1.32. The molecule has 0 atom stereocenters. The molecule has 4 nitrogen and oxygen atoms in total. The Morgan fingerprint density at radius 2 is 2.07 bits per heavy atom. The Kier molecular flexibility index (Phi) is 2.68. The molecule has 0 bridgehead atoms. The van der Waals surface area contributed by atoms with Crippen molar-refractivity contribution in [1.82, 2.24) is 4.98 Å². The summed E-state index contributed by atoms with van der Waals surface area (Å²) >= 11 is 0. The van der Waals surface area contributed by atoms with E-state index < -0.39 is 12.2 Å². The van der Waals surface area contributed by atoms with E-state index in [1.54, 1.807) is 0 Å². The molecule has 1 rings (SSSR count). The van der Waals surface area contributed by atoms with Gasteiger partial charge in [-0.2, -0.15) is 0 Å². The molecule has 0 aromatic carbocycles. The number of methoxy groups -OCH3 is 1. The number of nitrogen functional groups attached to an aromatic ring is 1. The van der Waals surface area contributed by atoms with Gasteiger partial charge in [-0.25, -0.2) is 4.98 Å². The molecule has 0 radical (unpaired) electrons. The summed E-state index contributed by atoms with van der Waals surface area (Å²) in [5.41, 5.74) is 5.37. The van der Waals surface area contributed by atoms with Crippen molar-refractivity contribution in [2.24, 2.45) is 0 Å². The minimum atomic E-state index is -4.81. The predicted octanol–water partition coefficient (Wildman–Crippen LogP) is 1.57. The zero-order chi connectivity index (χ0) is 10.8. The highest BCUT2D eigenvalue weighted by Crippen LogP contribution is 2.33. The van der Waals surface area contributed by atoms with E-state index in [1.807, 2.05) is 0 Å². The molecule has 78 valence electrons. The van der Waals surface area contributed by atoms with Gasteiger partial charge in [-0.3, -0.25) is 0 Å². The van der Waals surface area contributed by atoms with Crippen LogP contribution in [0.4, 0.5) is 18.9 Å². The first-order valence-electron chi connectivity index (χ1n) is 3.48. The normalized spacial score (nSPS) is 11.1. The number of halogens is 3. The number of rotatable bonds is 2. The number of anilines is 1. The van der Waals surface area contributed by atoms with E-state index in [0.29, 0.717) is 0 Å². The van der Waals surface area contributed by atoms with Crippen molar-refractivity contribution >= 4 is 5.69 Å². The average molecular weight is 208 g/mol. The molecule has 0 amide bonds. The molecule has 1 heterocycles. The van der Waals surface area contributed by atoms with Crippen molar-refractivity contribution in [1.29, 1.82) is 0 Å². The third kappa shape index (κ3) is 2.41. The van der Waals surface area contributed by atoms with Crippen molar-refractivity contribution in [3.8, 4) is 11.6 Å². The topological polar surface area (TPSA) is 57.4 Å². The molecular formula is C7H7F3N2O2. The second kappa shape index (κ2) is 3.60. The second-order valence-electron chi connectivity index (χ2n) is 2.29. The van der Waals surface area contributed by atoms with E-state index in [4.69, 9.17) is 5.73 Å². The van der Waals surface area contributed by atoms with Gasteiger partial charge < -0.3 is 15.2 Å². The Hall–Kier alpha value is -1.66. The van der Waals surface area contributed by atoms with Crippen molar-refractivity contribution in [3.05, 3.63) is 12.3 Å². The summed E-state index contributed by atoms with van der Waals surface area (Å²) in [7, 11) is 1.18. The van der Waals surface area contributed by atoms with Crippen LogP contribution in [-0.4, -0.2) is 18.5 Å². The van der Waals surface area contributed by atoms with Crippen molar-refractivity contribution < 1.29 is 22.6 Å². The number of pyridine rings is 1. The standard InChI is InChI=1S/C7H7F3N2O2/c1-13-5-4(11)2-3-12-6(5)14-7(8,9)10/h2-3H,1H3,(H2,11,12). The number of hydrogen-bond acceptors (Lipinski definition) is 4. The molecule has 14 heavy (non-hydrogen) atoms. The summed E-state index contributed by atoms with van der Waals surface area (Å²) < 4.78 is 43.7. The monoisotopic (exact) mass is 208 g/mol. The SMILES string of the molecule is COc1c(N)ccnc1OC(F)(F)F. The molecule has 0 aliphatic rings. The lowest BCUT2D eigenvalue weighted by Crippen LogP contribution is -2.18. The molecule has 1 aromatic rings. The fraction of sp³-hybridized carbons (Fsp3) is 0.286. The summed E-state index contributed by atoms with van der Waals surface area (Å²) in [6, 6.07) is 1.31. The van der Waals surface area contributed by atoms with Crippen LogP contribution in [0.15, 0.2) is 12.3 Å². The van der Waals surface area contributed by atoms with Gasteiger partial charge in [-0.15, -0.1) is 13.2 Å². The fourth-order valence-electron chi connectivity index (χ4n) is 0.831. The van der Waals surface area contributed by atoms with Gasteiger partial charge in [0.2, 0.25) is 5.75 Å². The summed E-state index contributed by atoms with van der Waals surface area (Å²) in [6.07, 6.45) is -3.72. The number of ether oxygens (including phenoxy) is 2. The average Bonchev–Trinajstić information content (AvgIpc) is 2.01. The first kappa shape index (κ1) is 10.4. The van der Waals surface area contributed by atoms with Gasteiger partial charge in [-0.05, 0) is 6.07 Å². The number of alkyl halides is 3. The Balaban J connectivity index is 3.02. The summed E-state index contributed by atoms with van der Waals surface area (Å²) in [4.78, 5) is 3.35. The number of aromatic nitrogens is 1. The molecule has 0 aliphatic carbocycles. The highest BCUT2D eigenvalue weighted by atomic mass is 19.4. The van der Waals surface area contributed by atoms with Crippen molar-refractivity contribution in [2.45, 2.75) is 6.36 Å². The molecular weight excluding hydrogens is 201 g/mol. The number of nitrogens with two attached hydrogens (primary N) is 1. The van der Waals surface area contributed by atoms with E-state index in [-0.39, 0.29) is 11.4 Å². The summed E-state index contributed by atoms with van der Waals surface area (Å²) in [5, 5.41) is 0. The third-order valence-corrected chi connectivity index (χ3v) is 1.32. The van der Waals surface area contributed by atoms with Crippen LogP contribution in [0.2, 0.25) is 0 Å². The maximum Gasteiger partial charge on any atom is 0.574 e. The number of nitrogens with zero attached hydrogens (tertiary/aromatic N) is 1. The Bertz CT molecular complexity index is 327. The minimum absolute atomic E-state index is 0.0294. The summed E-state index contributed by atoms with van der Waals surface area (Å²) in [6.45, 7) is 0. The van der Waals surface area contributed by atoms with Gasteiger partial charge in [0.05, 0.1) is 12.8 Å². The molecule has 0 unspecified atom stereocenters. The lowest BCUT2D eigenvalue weighted by molar-refractivity contribution is -0.276. The van der Waals surface area contributed by atoms with Gasteiger partial charge in [0.1, 0.15) is 0 Å².